The maximum absolute atomic E-state index is 11.5. The van der Waals surface area contributed by atoms with Crippen LogP contribution in [-0.2, 0) is 11.3 Å². The molecule has 1 aromatic heterocycles. The summed E-state index contributed by atoms with van der Waals surface area (Å²) < 4.78 is 7.94. The largest absolute Gasteiger partial charge is 0.465 e. The lowest BCUT2D eigenvalue weighted by molar-refractivity contribution is 0.0601. The van der Waals surface area contributed by atoms with Crippen molar-refractivity contribution in [1.29, 1.82) is 0 Å². The van der Waals surface area contributed by atoms with E-state index in [2.05, 4.69) is 40.5 Å². The van der Waals surface area contributed by atoms with Crippen molar-refractivity contribution in [2.45, 2.75) is 20.4 Å². The zero-order chi connectivity index (χ0) is 13.3. The van der Waals surface area contributed by atoms with E-state index in [-0.39, 0.29) is 5.97 Å². The van der Waals surface area contributed by atoms with E-state index in [0.29, 0.717) is 11.5 Å². The summed E-state index contributed by atoms with van der Waals surface area (Å²) in [5.41, 5.74) is 1.70. The molecular weight excluding hydrogens is 294 g/mol. The second-order valence-corrected chi connectivity index (χ2v) is 5.60. The minimum Gasteiger partial charge on any atom is -0.465 e. The summed E-state index contributed by atoms with van der Waals surface area (Å²) in [5.74, 6) is 0.271. The van der Waals surface area contributed by atoms with Crippen molar-refractivity contribution >= 4 is 32.8 Å². The maximum atomic E-state index is 11.5. The third kappa shape index (κ3) is 2.43. The van der Waals surface area contributed by atoms with E-state index in [1.807, 2.05) is 12.1 Å². The number of carbonyl (C=O) groups excluding carboxylic acids is 1. The Balaban J connectivity index is 2.51. The second kappa shape index (κ2) is 5.14. The van der Waals surface area contributed by atoms with Gasteiger partial charge in [0.2, 0.25) is 0 Å². The van der Waals surface area contributed by atoms with Crippen LogP contribution in [0.4, 0.5) is 0 Å². The summed E-state index contributed by atoms with van der Waals surface area (Å²) in [6.07, 6.45) is 2.06. The van der Waals surface area contributed by atoms with Gasteiger partial charge in [-0.2, -0.15) is 0 Å². The van der Waals surface area contributed by atoms with Crippen molar-refractivity contribution in [2.75, 3.05) is 7.11 Å². The van der Waals surface area contributed by atoms with Gasteiger partial charge >= 0.3 is 5.97 Å². The van der Waals surface area contributed by atoms with Gasteiger partial charge in [-0.05, 0) is 40.0 Å². The van der Waals surface area contributed by atoms with E-state index in [1.165, 1.54) is 7.11 Å². The van der Waals surface area contributed by atoms with E-state index in [9.17, 15) is 4.79 Å². The number of esters is 1. The third-order valence-electron chi connectivity index (χ3n) is 2.82. The van der Waals surface area contributed by atoms with Gasteiger partial charge in [-0.25, -0.2) is 4.79 Å². The summed E-state index contributed by atoms with van der Waals surface area (Å²) in [7, 11) is 1.39. The van der Waals surface area contributed by atoms with E-state index >= 15 is 0 Å². The molecule has 0 saturated carbocycles. The molecule has 0 N–H and O–H groups in total. The number of ether oxygens (including phenoxy) is 1. The van der Waals surface area contributed by atoms with Crippen molar-refractivity contribution < 1.29 is 9.53 Å². The highest BCUT2D eigenvalue weighted by Crippen LogP contribution is 2.28. The van der Waals surface area contributed by atoms with Crippen LogP contribution >= 0.6 is 15.9 Å². The second-order valence-electron chi connectivity index (χ2n) is 4.75. The Hall–Kier alpha value is -1.29. The number of carbonyl (C=O) groups is 1. The summed E-state index contributed by atoms with van der Waals surface area (Å²) in [5, 5.41) is 1.04. The molecule has 4 heteroatoms. The van der Waals surface area contributed by atoms with Crippen LogP contribution in [0.1, 0.15) is 24.2 Å². The zero-order valence-electron chi connectivity index (χ0n) is 10.7. The number of aromatic nitrogens is 1. The Morgan fingerprint density at radius 3 is 2.78 bits per heavy atom. The molecule has 2 aromatic rings. The summed E-state index contributed by atoms with van der Waals surface area (Å²) in [4.78, 5) is 11.5. The Morgan fingerprint density at radius 2 is 2.17 bits per heavy atom. The van der Waals surface area contributed by atoms with E-state index in [0.717, 1.165) is 21.9 Å². The number of hydrogen-bond donors (Lipinski definition) is 0. The normalized spacial score (nSPS) is 11.2. The van der Waals surface area contributed by atoms with Gasteiger partial charge in [-0.1, -0.05) is 13.8 Å². The molecule has 0 unspecified atom stereocenters. The quantitative estimate of drug-likeness (QED) is 0.806. The number of fused-ring (bicyclic) bond motifs is 1. The van der Waals surface area contributed by atoms with Gasteiger partial charge in [0.1, 0.15) is 0 Å². The van der Waals surface area contributed by atoms with Gasteiger partial charge in [-0.3, -0.25) is 0 Å². The predicted molar refractivity (Wildman–Crippen MR) is 75.8 cm³/mol. The average molecular weight is 310 g/mol. The fourth-order valence-electron chi connectivity index (χ4n) is 2.04. The fraction of sp³-hybridized carbons (Fsp3) is 0.357. The molecule has 0 spiro atoms. The molecule has 96 valence electrons. The molecule has 0 radical (unpaired) electrons. The minimum absolute atomic E-state index is 0.305. The Bertz CT molecular complexity index is 587. The molecule has 0 bridgehead atoms. The Morgan fingerprint density at radius 1 is 1.44 bits per heavy atom. The monoisotopic (exact) mass is 309 g/mol. The molecule has 0 aliphatic heterocycles. The van der Waals surface area contributed by atoms with Crippen LogP contribution in [0, 0.1) is 5.92 Å². The smallest absolute Gasteiger partial charge is 0.337 e. The predicted octanol–water partition coefficient (Wildman–Crippen LogP) is 3.85. The van der Waals surface area contributed by atoms with Crippen molar-refractivity contribution in [2.24, 2.45) is 5.92 Å². The first kappa shape index (κ1) is 13.1. The van der Waals surface area contributed by atoms with Gasteiger partial charge in [-0.15, -0.1) is 0 Å². The van der Waals surface area contributed by atoms with E-state index < -0.39 is 0 Å². The maximum Gasteiger partial charge on any atom is 0.337 e. The lowest BCUT2D eigenvalue weighted by Gasteiger charge is -2.08. The van der Waals surface area contributed by atoms with Crippen molar-refractivity contribution in [3.05, 3.63) is 34.4 Å². The first-order valence-corrected chi connectivity index (χ1v) is 6.69. The molecule has 0 aliphatic rings. The number of methoxy groups -OCH3 is 1. The lowest BCUT2D eigenvalue weighted by atomic mass is 10.1. The molecular formula is C14H16BrNO2. The zero-order valence-corrected chi connectivity index (χ0v) is 12.3. The number of rotatable bonds is 3. The van der Waals surface area contributed by atoms with Crippen LogP contribution in [0.2, 0.25) is 0 Å². The summed E-state index contributed by atoms with van der Waals surface area (Å²) >= 11 is 3.54. The van der Waals surface area contributed by atoms with Crippen LogP contribution in [0.15, 0.2) is 28.9 Å². The molecule has 0 amide bonds. The standard InChI is InChI=1S/C14H16BrNO2/c1-9(2)7-16-8-12(15)11-6-10(14(17)18-3)4-5-13(11)16/h4-6,8-9H,7H2,1-3H3. The van der Waals surface area contributed by atoms with Gasteiger partial charge in [0.25, 0.3) is 0 Å². The lowest BCUT2D eigenvalue weighted by Crippen LogP contribution is -2.03. The first-order valence-electron chi connectivity index (χ1n) is 5.89. The van der Waals surface area contributed by atoms with E-state index in [4.69, 9.17) is 4.74 Å². The molecule has 0 aliphatic carbocycles. The summed E-state index contributed by atoms with van der Waals surface area (Å²) in [6.45, 7) is 5.32. The van der Waals surface area contributed by atoms with Crippen LogP contribution in [-0.4, -0.2) is 17.6 Å². The Labute approximate surface area is 115 Å². The Kier molecular flexibility index (Phi) is 3.76. The minimum atomic E-state index is -0.305. The van der Waals surface area contributed by atoms with Crippen LogP contribution < -0.4 is 0 Å². The molecule has 0 fully saturated rings. The molecule has 2 rings (SSSR count). The van der Waals surface area contributed by atoms with Crippen molar-refractivity contribution in [3.8, 4) is 0 Å². The van der Waals surface area contributed by atoms with Crippen LogP contribution in [0.3, 0.4) is 0 Å². The third-order valence-corrected chi connectivity index (χ3v) is 3.45. The average Bonchev–Trinajstić information content (AvgIpc) is 2.64. The molecule has 0 saturated heterocycles. The number of benzene rings is 1. The molecule has 0 atom stereocenters. The summed E-state index contributed by atoms with van der Waals surface area (Å²) in [6, 6.07) is 5.63. The molecule has 1 aromatic carbocycles. The highest BCUT2D eigenvalue weighted by atomic mass is 79.9. The van der Waals surface area contributed by atoms with Gasteiger partial charge < -0.3 is 9.30 Å². The topological polar surface area (TPSA) is 31.2 Å². The number of nitrogens with zero attached hydrogens (tertiary/aromatic N) is 1. The van der Waals surface area contributed by atoms with Crippen molar-refractivity contribution in [3.63, 3.8) is 0 Å². The fourth-order valence-corrected chi connectivity index (χ4v) is 2.61. The highest BCUT2D eigenvalue weighted by molar-refractivity contribution is 9.10. The van der Waals surface area contributed by atoms with Crippen molar-refractivity contribution in [1.82, 2.24) is 4.57 Å². The van der Waals surface area contributed by atoms with Gasteiger partial charge in [0, 0.05) is 28.1 Å². The molecule has 3 nitrogen and oxygen atoms in total. The van der Waals surface area contributed by atoms with Crippen LogP contribution in [0.25, 0.3) is 10.9 Å². The SMILES string of the molecule is COC(=O)c1ccc2c(c1)c(Br)cn2CC(C)C. The number of hydrogen-bond acceptors (Lipinski definition) is 2. The molecule has 18 heavy (non-hydrogen) atoms. The highest BCUT2D eigenvalue weighted by Gasteiger charge is 2.11. The molecule has 1 heterocycles. The number of halogens is 1. The van der Waals surface area contributed by atoms with E-state index in [1.54, 1.807) is 6.07 Å². The van der Waals surface area contributed by atoms with Gasteiger partial charge in [0.05, 0.1) is 12.7 Å². The first-order chi connectivity index (χ1) is 8.52. The van der Waals surface area contributed by atoms with Gasteiger partial charge in [0.15, 0.2) is 0 Å². The van der Waals surface area contributed by atoms with Crippen LogP contribution in [0.5, 0.6) is 0 Å².